The summed E-state index contributed by atoms with van der Waals surface area (Å²) >= 11 is 5.94. The predicted octanol–water partition coefficient (Wildman–Crippen LogP) is 2.21. The fourth-order valence-corrected chi connectivity index (χ4v) is 2.32. The molecule has 0 saturated carbocycles. The van der Waals surface area contributed by atoms with Crippen molar-refractivity contribution in [3.8, 4) is 5.75 Å². The van der Waals surface area contributed by atoms with Crippen molar-refractivity contribution >= 4 is 29.3 Å². The average molecular weight is 408 g/mol. The largest absolute Gasteiger partial charge is 0.478 e. The molecule has 0 bridgehead atoms. The molecule has 2 aromatic rings. The maximum absolute atomic E-state index is 13.5. The summed E-state index contributed by atoms with van der Waals surface area (Å²) in [7, 11) is 0. The van der Waals surface area contributed by atoms with Crippen LogP contribution < -0.4 is 20.9 Å². The molecule has 28 heavy (non-hydrogen) atoms. The van der Waals surface area contributed by atoms with E-state index in [1.807, 2.05) is 0 Å². The molecule has 2 aromatic carbocycles. The number of rotatable bonds is 6. The number of para-hydroxylation sites is 1. The number of carbonyl (C=O) groups is 3. The Bertz CT molecular complexity index is 878. The molecule has 7 nitrogen and oxygen atoms in total. The molecule has 9 heteroatoms. The molecule has 0 aliphatic heterocycles. The second-order valence-corrected chi connectivity index (χ2v) is 6.25. The lowest BCUT2D eigenvalue weighted by Gasteiger charge is -2.18. The second-order valence-electron chi connectivity index (χ2n) is 5.84. The van der Waals surface area contributed by atoms with E-state index in [9.17, 15) is 18.8 Å². The molecule has 2 rings (SSSR count). The van der Waals surface area contributed by atoms with Gasteiger partial charge in [0.05, 0.1) is 10.6 Å². The molecule has 0 aliphatic rings. The fraction of sp³-hybridized carbons (Fsp3) is 0.211. The van der Waals surface area contributed by atoms with Crippen LogP contribution in [0.5, 0.6) is 5.75 Å². The van der Waals surface area contributed by atoms with Crippen LogP contribution in [0.1, 0.15) is 24.2 Å². The highest BCUT2D eigenvalue weighted by molar-refractivity contribution is 6.33. The molecule has 0 heterocycles. The van der Waals surface area contributed by atoms with Crippen LogP contribution in [-0.4, -0.2) is 29.9 Å². The van der Waals surface area contributed by atoms with Crippen molar-refractivity contribution in [2.24, 2.45) is 0 Å². The first-order valence-corrected chi connectivity index (χ1v) is 8.73. The zero-order chi connectivity index (χ0) is 20.7. The van der Waals surface area contributed by atoms with Gasteiger partial charge in [-0.3, -0.25) is 25.2 Å². The highest BCUT2D eigenvalue weighted by atomic mass is 35.5. The van der Waals surface area contributed by atoms with Gasteiger partial charge in [-0.05, 0) is 38.1 Å². The third-order valence-electron chi connectivity index (χ3n) is 3.68. The van der Waals surface area contributed by atoms with Crippen LogP contribution in [0.2, 0.25) is 5.02 Å². The van der Waals surface area contributed by atoms with E-state index in [2.05, 4.69) is 16.2 Å². The number of ether oxygens (including phenoxy) is 1. The van der Waals surface area contributed by atoms with E-state index < -0.39 is 35.7 Å². The summed E-state index contributed by atoms with van der Waals surface area (Å²) in [6.07, 6.45) is -1.06. The highest BCUT2D eigenvalue weighted by Crippen LogP contribution is 2.17. The Morgan fingerprint density at radius 2 is 1.57 bits per heavy atom. The molecular formula is C19H19ClFN3O4. The molecule has 2 atom stereocenters. The van der Waals surface area contributed by atoms with Crippen molar-refractivity contribution in [3.05, 3.63) is 64.9 Å². The summed E-state index contributed by atoms with van der Waals surface area (Å²) < 4.78 is 18.8. The van der Waals surface area contributed by atoms with Crippen molar-refractivity contribution in [2.75, 3.05) is 0 Å². The van der Waals surface area contributed by atoms with Crippen molar-refractivity contribution < 1.29 is 23.5 Å². The summed E-state index contributed by atoms with van der Waals surface area (Å²) in [4.78, 5) is 36.2. The number of amides is 3. The average Bonchev–Trinajstić information content (AvgIpc) is 2.67. The van der Waals surface area contributed by atoms with Crippen LogP contribution in [0.15, 0.2) is 48.5 Å². The number of nitrogens with one attached hydrogen (secondary N) is 3. The smallest absolute Gasteiger partial charge is 0.279 e. The maximum atomic E-state index is 13.5. The van der Waals surface area contributed by atoms with E-state index in [0.717, 1.165) is 0 Å². The molecule has 0 aromatic heterocycles. The Morgan fingerprint density at radius 1 is 0.964 bits per heavy atom. The lowest BCUT2D eigenvalue weighted by atomic mass is 10.2. The lowest BCUT2D eigenvalue weighted by Crippen LogP contribution is -2.53. The molecule has 0 spiro atoms. The lowest BCUT2D eigenvalue weighted by molar-refractivity contribution is -0.133. The van der Waals surface area contributed by atoms with E-state index in [4.69, 9.17) is 16.3 Å². The summed E-state index contributed by atoms with van der Waals surface area (Å²) in [5, 5.41) is 2.72. The minimum atomic E-state index is -1.06. The fourth-order valence-electron chi connectivity index (χ4n) is 2.10. The van der Waals surface area contributed by atoms with E-state index >= 15 is 0 Å². The molecule has 0 fully saturated rings. The molecule has 0 unspecified atom stereocenters. The van der Waals surface area contributed by atoms with E-state index in [1.165, 1.54) is 38.1 Å². The number of halogens is 2. The third kappa shape index (κ3) is 5.68. The minimum Gasteiger partial charge on any atom is -0.478 e. The monoisotopic (exact) mass is 407 g/mol. The van der Waals surface area contributed by atoms with Gasteiger partial charge in [0.25, 0.3) is 17.7 Å². The van der Waals surface area contributed by atoms with Crippen molar-refractivity contribution in [3.63, 3.8) is 0 Å². The first kappa shape index (κ1) is 21.2. The van der Waals surface area contributed by atoms with Gasteiger partial charge in [0.15, 0.2) is 17.7 Å². The van der Waals surface area contributed by atoms with Crippen LogP contribution in [0, 0.1) is 5.82 Å². The minimum absolute atomic E-state index is 0.0863. The molecule has 3 amide bonds. The maximum Gasteiger partial charge on any atom is 0.279 e. The van der Waals surface area contributed by atoms with Crippen molar-refractivity contribution in [1.29, 1.82) is 0 Å². The van der Waals surface area contributed by atoms with Gasteiger partial charge in [-0.25, -0.2) is 4.39 Å². The van der Waals surface area contributed by atoms with E-state index in [0.29, 0.717) is 0 Å². The van der Waals surface area contributed by atoms with E-state index in [-0.39, 0.29) is 16.3 Å². The number of hydrogen-bond acceptors (Lipinski definition) is 4. The SMILES string of the molecule is C[C@H](NC(=O)c1ccccc1Cl)C(=O)NNC(=O)[C@H](C)Oc1ccccc1F. The van der Waals surface area contributed by atoms with Crippen LogP contribution >= 0.6 is 11.6 Å². The van der Waals surface area contributed by atoms with Crippen molar-refractivity contribution in [2.45, 2.75) is 26.0 Å². The molecule has 0 saturated heterocycles. The second kappa shape index (κ2) is 9.70. The van der Waals surface area contributed by atoms with Gasteiger partial charge < -0.3 is 10.1 Å². The summed E-state index contributed by atoms with van der Waals surface area (Å²) in [6, 6.07) is 11.1. The van der Waals surface area contributed by atoms with Gasteiger partial charge in [-0.2, -0.15) is 0 Å². The Balaban J connectivity index is 1.83. The number of hydrogen-bond donors (Lipinski definition) is 3. The number of carbonyl (C=O) groups excluding carboxylic acids is 3. The van der Waals surface area contributed by atoms with Gasteiger partial charge in [0, 0.05) is 0 Å². The van der Waals surface area contributed by atoms with Crippen LogP contribution in [-0.2, 0) is 9.59 Å². The predicted molar refractivity (Wildman–Crippen MR) is 101 cm³/mol. The molecule has 0 radical (unpaired) electrons. The highest BCUT2D eigenvalue weighted by Gasteiger charge is 2.21. The van der Waals surface area contributed by atoms with Gasteiger partial charge in [0.1, 0.15) is 6.04 Å². The molecular weight excluding hydrogens is 389 g/mol. The first-order valence-electron chi connectivity index (χ1n) is 8.36. The van der Waals surface area contributed by atoms with E-state index in [1.54, 1.807) is 24.3 Å². The topological polar surface area (TPSA) is 96.5 Å². The number of hydrazine groups is 1. The third-order valence-corrected chi connectivity index (χ3v) is 4.01. The van der Waals surface area contributed by atoms with Crippen LogP contribution in [0.4, 0.5) is 4.39 Å². The zero-order valence-corrected chi connectivity index (χ0v) is 15.9. The quantitative estimate of drug-likeness (QED) is 0.640. The van der Waals surface area contributed by atoms with Crippen molar-refractivity contribution in [1.82, 2.24) is 16.2 Å². The van der Waals surface area contributed by atoms with Gasteiger partial charge in [-0.15, -0.1) is 0 Å². The summed E-state index contributed by atoms with van der Waals surface area (Å²) in [6.45, 7) is 2.84. The normalized spacial score (nSPS) is 12.4. The van der Waals surface area contributed by atoms with Gasteiger partial charge >= 0.3 is 0 Å². The van der Waals surface area contributed by atoms with Gasteiger partial charge in [-0.1, -0.05) is 35.9 Å². The summed E-state index contributed by atoms with van der Waals surface area (Å²) in [5.74, 6) is -2.58. The zero-order valence-electron chi connectivity index (χ0n) is 15.2. The summed E-state index contributed by atoms with van der Waals surface area (Å²) in [5.41, 5.74) is 4.56. The number of benzene rings is 2. The molecule has 148 valence electrons. The Kier molecular flexibility index (Phi) is 7.34. The molecule has 3 N–H and O–H groups in total. The van der Waals surface area contributed by atoms with Crippen LogP contribution in [0.25, 0.3) is 0 Å². The Labute approximate surface area is 166 Å². The Hall–Kier alpha value is -3.13. The van der Waals surface area contributed by atoms with Crippen LogP contribution in [0.3, 0.4) is 0 Å². The first-order chi connectivity index (χ1) is 13.3. The standard InChI is InChI=1S/C19H19ClFN3O4/c1-11(22-19(27)13-7-3-4-8-14(13)20)17(25)23-24-18(26)12(2)28-16-10-6-5-9-15(16)21/h3-12H,1-2H3,(H,22,27)(H,23,25)(H,24,26)/t11-,12-/m0/s1. The van der Waals surface area contributed by atoms with Gasteiger partial charge in [0.2, 0.25) is 0 Å². The Morgan fingerprint density at radius 3 is 2.25 bits per heavy atom. The molecule has 0 aliphatic carbocycles.